The first kappa shape index (κ1) is 16.5. The third-order valence-electron chi connectivity index (χ3n) is 3.32. The summed E-state index contributed by atoms with van der Waals surface area (Å²) >= 11 is 0. The maximum atomic E-state index is 7.64. The molecular weight excluding hydrogens is 250 g/mol. The van der Waals surface area contributed by atoms with Crippen molar-refractivity contribution in [3.63, 3.8) is 0 Å². The van der Waals surface area contributed by atoms with E-state index < -0.39 is 0 Å². The van der Waals surface area contributed by atoms with Gasteiger partial charge < -0.3 is 10.5 Å². The highest BCUT2D eigenvalue weighted by Gasteiger charge is 2.12. The highest BCUT2D eigenvalue weighted by atomic mass is 16.5. The number of nitrogen functional groups attached to an aromatic ring is 1. The standard InChI is InChI=1S/C16H27N3O/c1-4-5-6-7-8-9-10-20-14-11-12(2)19-13(3)15(14)16(17)18/h11H,4-10H2,1-3H3,(H3,17,18). The van der Waals surface area contributed by atoms with E-state index in [1.165, 1.54) is 32.1 Å². The lowest BCUT2D eigenvalue weighted by molar-refractivity contribution is 0.303. The van der Waals surface area contributed by atoms with Crippen molar-refractivity contribution in [2.75, 3.05) is 6.61 Å². The SMILES string of the molecule is CCCCCCCCOc1cc(C)nc(C)c1C(=N)N. The zero-order valence-electron chi connectivity index (χ0n) is 13.0. The van der Waals surface area contributed by atoms with Gasteiger partial charge in [-0.2, -0.15) is 0 Å². The van der Waals surface area contributed by atoms with Crippen LogP contribution in [-0.2, 0) is 0 Å². The van der Waals surface area contributed by atoms with E-state index in [0.29, 0.717) is 17.9 Å². The summed E-state index contributed by atoms with van der Waals surface area (Å²) in [6.07, 6.45) is 7.40. The van der Waals surface area contributed by atoms with Gasteiger partial charge in [0.05, 0.1) is 17.9 Å². The first-order valence-electron chi connectivity index (χ1n) is 7.51. The van der Waals surface area contributed by atoms with Crippen molar-refractivity contribution < 1.29 is 4.74 Å². The number of nitrogens with two attached hydrogens (primary N) is 1. The van der Waals surface area contributed by atoms with Crippen LogP contribution in [0, 0.1) is 19.3 Å². The first-order valence-corrected chi connectivity index (χ1v) is 7.51. The number of amidine groups is 1. The average Bonchev–Trinajstić information content (AvgIpc) is 2.36. The number of nitrogens with zero attached hydrogens (tertiary/aromatic N) is 1. The molecule has 4 nitrogen and oxygen atoms in total. The van der Waals surface area contributed by atoms with Crippen LogP contribution in [0.3, 0.4) is 0 Å². The summed E-state index contributed by atoms with van der Waals surface area (Å²) in [5.41, 5.74) is 7.89. The molecule has 4 heteroatoms. The van der Waals surface area contributed by atoms with Crippen LogP contribution in [0.5, 0.6) is 5.75 Å². The molecule has 1 aromatic heterocycles. The average molecular weight is 277 g/mol. The van der Waals surface area contributed by atoms with E-state index >= 15 is 0 Å². The van der Waals surface area contributed by atoms with E-state index in [0.717, 1.165) is 17.8 Å². The Kier molecular flexibility index (Phi) is 7.05. The second-order valence-corrected chi connectivity index (χ2v) is 5.25. The zero-order valence-corrected chi connectivity index (χ0v) is 13.0. The number of rotatable bonds is 9. The van der Waals surface area contributed by atoms with Crippen LogP contribution < -0.4 is 10.5 Å². The number of ether oxygens (including phenoxy) is 1. The van der Waals surface area contributed by atoms with E-state index in [1.807, 2.05) is 19.9 Å². The van der Waals surface area contributed by atoms with E-state index in [9.17, 15) is 0 Å². The van der Waals surface area contributed by atoms with E-state index in [2.05, 4.69) is 11.9 Å². The Hall–Kier alpha value is -1.58. The minimum absolute atomic E-state index is 0.0212. The molecule has 0 atom stereocenters. The van der Waals surface area contributed by atoms with Gasteiger partial charge in [0.15, 0.2) is 0 Å². The Morgan fingerprint density at radius 2 is 1.85 bits per heavy atom. The number of hydrogen-bond acceptors (Lipinski definition) is 3. The number of aryl methyl sites for hydroxylation is 2. The summed E-state index contributed by atoms with van der Waals surface area (Å²) in [5.74, 6) is 0.712. The van der Waals surface area contributed by atoms with Gasteiger partial charge in [-0.3, -0.25) is 10.4 Å². The van der Waals surface area contributed by atoms with Gasteiger partial charge in [-0.15, -0.1) is 0 Å². The van der Waals surface area contributed by atoms with Crippen molar-refractivity contribution in [1.82, 2.24) is 4.98 Å². The maximum absolute atomic E-state index is 7.64. The molecule has 1 rings (SSSR count). The molecule has 0 aliphatic rings. The van der Waals surface area contributed by atoms with Crippen molar-refractivity contribution in [2.24, 2.45) is 5.73 Å². The van der Waals surface area contributed by atoms with E-state index in [-0.39, 0.29) is 5.84 Å². The molecule has 0 radical (unpaired) electrons. The van der Waals surface area contributed by atoms with Crippen LogP contribution in [0.15, 0.2) is 6.07 Å². The monoisotopic (exact) mass is 277 g/mol. The topological polar surface area (TPSA) is 72.0 Å². The summed E-state index contributed by atoms with van der Waals surface area (Å²) in [7, 11) is 0. The molecule has 0 amide bonds. The Balaban J connectivity index is 2.49. The molecule has 0 saturated carbocycles. The van der Waals surface area contributed by atoms with E-state index in [1.54, 1.807) is 0 Å². The van der Waals surface area contributed by atoms with Gasteiger partial charge >= 0.3 is 0 Å². The van der Waals surface area contributed by atoms with Crippen molar-refractivity contribution in [2.45, 2.75) is 59.3 Å². The summed E-state index contributed by atoms with van der Waals surface area (Å²) in [5, 5.41) is 7.64. The minimum Gasteiger partial charge on any atom is -0.493 e. The fourth-order valence-corrected chi connectivity index (χ4v) is 2.30. The molecule has 0 fully saturated rings. The lowest BCUT2D eigenvalue weighted by atomic mass is 10.1. The minimum atomic E-state index is 0.0212. The molecule has 0 aromatic carbocycles. The second-order valence-electron chi connectivity index (χ2n) is 5.25. The fourth-order valence-electron chi connectivity index (χ4n) is 2.30. The van der Waals surface area contributed by atoms with Gasteiger partial charge in [-0.1, -0.05) is 39.0 Å². The van der Waals surface area contributed by atoms with Crippen molar-refractivity contribution in [3.8, 4) is 5.75 Å². The zero-order chi connectivity index (χ0) is 15.0. The summed E-state index contributed by atoms with van der Waals surface area (Å²) < 4.78 is 5.81. The van der Waals surface area contributed by atoms with Crippen molar-refractivity contribution in [3.05, 3.63) is 23.0 Å². The molecule has 1 heterocycles. The summed E-state index contributed by atoms with van der Waals surface area (Å²) in [6.45, 7) is 6.69. The number of unbranched alkanes of at least 4 members (excludes halogenated alkanes) is 5. The molecule has 0 saturated heterocycles. The highest BCUT2D eigenvalue weighted by molar-refractivity contribution is 5.98. The smallest absolute Gasteiger partial charge is 0.133 e. The Morgan fingerprint density at radius 1 is 1.20 bits per heavy atom. The second kappa shape index (κ2) is 8.56. The molecule has 0 aliphatic carbocycles. The summed E-state index contributed by atoms with van der Waals surface area (Å²) in [6, 6.07) is 1.86. The number of aromatic nitrogens is 1. The molecule has 0 aliphatic heterocycles. The molecule has 3 N–H and O–H groups in total. The Labute approximate surface area is 122 Å². The Morgan fingerprint density at radius 3 is 2.50 bits per heavy atom. The predicted molar refractivity (Wildman–Crippen MR) is 83.6 cm³/mol. The highest BCUT2D eigenvalue weighted by Crippen LogP contribution is 2.22. The van der Waals surface area contributed by atoms with Gasteiger partial charge in [0, 0.05) is 11.8 Å². The molecule has 20 heavy (non-hydrogen) atoms. The quantitative estimate of drug-likeness (QED) is 0.410. The first-order chi connectivity index (χ1) is 9.56. The predicted octanol–water partition coefficient (Wildman–Crippen LogP) is 3.72. The van der Waals surface area contributed by atoms with Gasteiger partial charge in [0.1, 0.15) is 11.6 Å². The van der Waals surface area contributed by atoms with Crippen LogP contribution in [0.25, 0.3) is 0 Å². The van der Waals surface area contributed by atoms with Crippen LogP contribution >= 0.6 is 0 Å². The number of nitrogens with one attached hydrogen (secondary N) is 1. The molecule has 0 spiro atoms. The molecular formula is C16H27N3O. The van der Waals surface area contributed by atoms with Crippen LogP contribution in [0.4, 0.5) is 0 Å². The van der Waals surface area contributed by atoms with Gasteiger partial charge in [-0.25, -0.2) is 0 Å². The van der Waals surface area contributed by atoms with Gasteiger partial charge in [0.2, 0.25) is 0 Å². The fraction of sp³-hybridized carbons (Fsp3) is 0.625. The lowest BCUT2D eigenvalue weighted by Gasteiger charge is -2.13. The van der Waals surface area contributed by atoms with Gasteiger partial charge in [0.25, 0.3) is 0 Å². The van der Waals surface area contributed by atoms with Crippen molar-refractivity contribution >= 4 is 5.84 Å². The summed E-state index contributed by atoms with van der Waals surface area (Å²) in [4.78, 5) is 4.33. The molecule has 112 valence electrons. The number of hydrogen-bond donors (Lipinski definition) is 2. The number of pyridine rings is 1. The van der Waals surface area contributed by atoms with E-state index in [4.69, 9.17) is 15.9 Å². The normalized spacial score (nSPS) is 10.6. The molecule has 0 unspecified atom stereocenters. The van der Waals surface area contributed by atoms with Crippen LogP contribution in [0.1, 0.15) is 62.4 Å². The molecule has 0 bridgehead atoms. The third-order valence-corrected chi connectivity index (χ3v) is 3.32. The lowest BCUT2D eigenvalue weighted by Crippen LogP contribution is -2.16. The maximum Gasteiger partial charge on any atom is 0.133 e. The van der Waals surface area contributed by atoms with Gasteiger partial charge in [-0.05, 0) is 20.3 Å². The van der Waals surface area contributed by atoms with Crippen molar-refractivity contribution in [1.29, 1.82) is 5.41 Å². The molecule has 1 aromatic rings. The Bertz CT molecular complexity index is 444. The largest absolute Gasteiger partial charge is 0.493 e. The third kappa shape index (κ3) is 5.19. The van der Waals surface area contributed by atoms with Crippen LogP contribution in [0.2, 0.25) is 0 Å². The van der Waals surface area contributed by atoms with Crippen LogP contribution in [-0.4, -0.2) is 17.4 Å².